The molecule has 0 aliphatic rings. The van der Waals surface area contributed by atoms with Gasteiger partial charge in [0, 0.05) is 19.8 Å². The number of hydrogen-bond acceptors (Lipinski definition) is 7. The molecule has 12 nitrogen and oxygen atoms in total. The normalized spacial score (nSPS) is 10.8. The summed E-state index contributed by atoms with van der Waals surface area (Å²) in [6.07, 6.45) is 1.64. The maximum atomic E-state index is 12.4. The number of hydrogen-bond donors (Lipinski definition) is 0. The SMILES string of the molecule is CCn1cc(Cl)c(CN(C)C(=O)Cn2nc([N+](=O)[O-])c([N+](=O)[O-])c2C)n1. The number of likely N-dealkylation sites (N-methyl/N-ethyl adjacent to an activating group) is 1. The van der Waals surface area contributed by atoms with Crippen LogP contribution in [0.4, 0.5) is 11.5 Å². The van der Waals surface area contributed by atoms with E-state index in [-0.39, 0.29) is 18.8 Å². The summed E-state index contributed by atoms with van der Waals surface area (Å²) in [7, 11) is 1.51. The number of aryl methyl sites for hydroxylation is 1. The highest BCUT2D eigenvalue weighted by Gasteiger charge is 2.36. The number of halogens is 1. The largest absolute Gasteiger partial charge is 0.468 e. The van der Waals surface area contributed by atoms with Crippen LogP contribution in [-0.4, -0.2) is 47.3 Å². The first-order valence-corrected chi connectivity index (χ1v) is 7.85. The third-order valence-corrected chi connectivity index (χ3v) is 4.04. The molecule has 0 atom stereocenters. The number of carbonyl (C=O) groups excluding carboxylic acids is 1. The van der Waals surface area contributed by atoms with Gasteiger partial charge in [-0.05, 0) is 18.8 Å². The summed E-state index contributed by atoms with van der Waals surface area (Å²) >= 11 is 6.06. The first kappa shape index (κ1) is 19.3. The summed E-state index contributed by atoms with van der Waals surface area (Å²) < 4.78 is 2.57. The predicted octanol–water partition coefficient (Wildman–Crippen LogP) is 1.54. The molecule has 0 aromatic carbocycles. The van der Waals surface area contributed by atoms with Gasteiger partial charge in [-0.2, -0.15) is 9.78 Å². The molecule has 0 spiro atoms. The van der Waals surface area contributed by atoms with E-state index in [4.69, 9.17) is 11.6 Å². The van der Waals surface area contributed by atoms with Gasteiger partial charge in [-0.1, -0.05) is 11.6 Å². The van der Waals surface area contributed by atoms with Gasteiger partial charge in [-0.3, -0.25) is 19.6 Å². The Bertz CT molecular complexity index is 875. The van der Waals surface area contributed by atoms with Crippen molar-refractivity contribution in [2.45, 2.75) is 33.5 Å². The summed E-state index contributed by atoms with van der Waals surface area (Å²) in [5.74, 6) is -1.35. The van der Waals surface area contributed by atoms with Crippen LogP contribution in [0.25, 0.3) is 0 Å². The van der Waals surface area contributed by atoms with E-state index in [9.17, 15) is 25.0 Å². The Labute approximate surface area is 152 Å². The summed E-state index contributed by atoms with van der Waals surface area (Å²) in [4.78, 5) is 33.8. The van der Waals surface area contributed by atoms with E-state index in [1.54, 1.807) is 10.9 Å². The molecule has 2 heterocycles. The van der Waals surface area contributed by atoms with Crippen LogP contribution >= 0.6 is 11.6 Å². The van der Waals surface area contributed by atoms with Crippen molar-refractivity contribution in [3.8, 4) is 0 Å². The second-order valence-corrected chi connectivity index (χ2v) is 5.87. The monoisotopic (exact) mass is 385 g/mol. The average Bonchev–Trinajstić information content (AvgIpc) is 3.08. The van der Waals surface area contributed by atoms with Crippen LogP contribution in [0.5, 0.6) is 0 Å². The van der Waals surface area contributed by atoms with Crippen LogP contribution < -0.4 is 0 Å². The second-order valence-electron chi connectivity index (χ2n) is 5.46. The smallest absolute Gasteiger partial charge is 0.358 e. The molecule has 26 heavy (non-hydrogen) atoms. The second kappa shape index (κ2) is 7.47. The maximum Gasteiger partial charge on any atom is 0.468 e. The number of nitrogens with zero attached hydrogens (tertiary/aromatic N) is 7. The number of amides is 1. The van der Waals surface area contributed by atoms with Crippen LogP contribution in [0.15, 0.2) is 6.20 Å². The Kier molecular flexibility index (Phi) is 5.55. The van der Waals surface area contributed by atoms with Crippen LogP contribution in [0.2, 0.25) is 5.02 Å². The minimum atomic E-state index is -0.951. The number of nitro groups is 2. The van der Waals surface area contributed by atoms with E-state index in [1.807, 2.05) is 6.92 Å². The Morgan fingerprint density at radius 2 is 1.96 bits per heavy atom. The van der Waals surface area contributed by atoms with E-state index < -0.39 is 27.3 Å². The highest BCUT2D eigenvalue weighted by molar-refractivity contribution is 6.31. The lowest BCUT2D eigenvalue weighted by molar-refractivity contribution is -0.424. The van der Waals surface area contributed by atoms with Crippen molar-refractivity contribution >= 4 is 29.0 Å². The molecule has 13 heteroatoms. The van der Waals surface area contributed by atoms with E-state index in [0.717, 1.165) is 4.68 Å². The first-order valence-electron chi connectivity index (χ1n) is 7.47. The zero-order chi connectivity index (χ0) is 19.6. The number of carbonyl (C=O) groups is 1. The summed E-state index contributed by atoms with van der Waals surface area (Å²) in [6.45, 7) is 3.54. The quantitative estimate of drug-likeness (QED) is 0.519. The van der Waals surface area contributed by atoms with Crippen LogP contribution in [-0.2, 0) is 24.4 Å². The molecule has 0 unspecified atom stereocenters. The predicted molar refractivity (Wildman–Crippen MR) is 89.7 cm³/mol. The van der Waals surface area contributed by atoms with Crippen molar-refractivity contribution < 1.29 is 14.6 Å². The molecule has 140 valence electrons. The molecular weight excluding hydrogens is 370 g/mol. The van der Waals surface area contributed by atoms with Gasteiger partial charge in [0.25, 0.3) is 0 Å². The van der Waals surface area contributed by atoms with Gasteiger partial charge < -0.3 is 15.0 Å². The van der Waals surface area contributed by atoms with Gasteiger partial charge in [0.1, 0.15) is 17.9 Å². The van der Waals surface area contributed by atoms with Crippen molar-refractivity contribution in [1.29, 1.82) is 0 Å². The summed E-state index contributed by atoms with van der Waals surface area (Å²) in [5, 5.41) is 30.2. The van der Waals surface area contributed by atoms with Gasteiger partial charge in [0.2, 0.25) is 5.91 Å². The molecule has 0 aliphatic carbocycles. The lowest BCUT2D eigenvalue weighted by Gasteiger charge is -2.15. The Morgan fingerprint density at radius 1 is 1.31 bits per heavy atom. The molecule has 2 rings (SSSR count). The summed E-state index contributed by atoms with van der Waals surface area (Å²) in [5.41, 5.74) is -0.301. The third-order valence-electron chi connectivity index (χ3n) is 3.72. The summed E-state index contributed by atoms with van der Waals surface area (Å²) in [6, 6.07) is 0. The molecule has 0 bridgehead atoms. The van der Waals surface area contributed by atoms with Crippen molar-refractivity contribution in [2.24, 2.45) is 0 Å². The van der Waals surface area contributed by atoms with E-state index in [2.05, 4.69) is 10.2 Å². The highest BCUT2D eigenvalue weighted by atomic mass is 35.5. The molecule has 2 aromatic rings. The Morgan fingerprint density at radius 3 is 2.42 bits per heavy atom. The zero-order valence-electron chi connectivity index (χ0n) is 14.2. The number of rotatable bonds is 7. The van der Waals surface area contributed by atoms with Crippen LogP contribution in [0, 0.1) is 27.2 Å². The maximum absolute atomic E-state index is 12.4. The van der Waals surface area contributed by atoms with Crippen molar-refractivity contribution in [1.82, 2.24) is 24.5 Å². The first-order chi connectivity index (χ1) is 12.1. The highest BCUT2D eigenvalue weighted by Crippen LogP contribution is 2.29. The fourth-order valence-electron chi connectivity index (χ4n) is 2.28. The lowest BCUT2D eigenvalue weighted by Crippen LogP contribution is -2.30. The van der Waals surface area contributed by atoms with E-state index in [1.165, 1.54) is 18.9 Å². The van der Waals surface area contributed by atoms with Crippen LogP contribution in [0.3, 0.4) is 0 Å². The molecule has 0 saturated carbocycles. The van der Waals surface area contributed by atoms with Crippen LogP contribution in [0.1, 0.15) is 18.3 Å². The lowest BCUT2D eigenvalue weighted by atomic mass is 10.3. The molecular formula is C13H16ClN7O5. The van der Waals surface area contributed by atoms with Crippen molar-refractivity contribution in [2.75, 3.05) is 7.05 Å². The Balaban J connectivity index is 2.18. The van der Waals surface area contributed by atoms with E-state index in [0.29, 0.717) is 17.3 Å². The fraction of sp³-hybridized carbons (Fsp3) is 0.462. The topological polar surface area (TPSA) is 142 Å². The minimum absolute atomic E-state index is 0.0725. The Hall–Kier alpha value is -3.02. The standard InChI is InChI=1S/C13H16ClN7O5/c1-4-18-5-9(14)10(15-18)6-17(3)11(22)7-19-8(2)12(20(23)24)13(16-19)21(25)26/h5H,4,6-7H2,1-3H3. The molecule has 0 fully saturated rings. The van der Waals surface area contributed by atoms with Crippen molar-refractivity contribution in [3.63, 3.8) is 0 Å². The van der Waals surface area contributed by atoms with Gasteiger partial charge >= 0.3 is 11.5 Å². The average molecular weight is 386 g/mol. The number of aromatic nitrogens is 4. The molecule has 0 aliphatic heterocycles. The minimum Gasteiger partial charge on any atom is -0.358 e. The molecule has 2 aromatic heterocycles. The van der Waals surface area contributed by atoms with Gasteiger partial charge in [0.15, 0.2) is 0 Å². The molecule has 0 N–H and O–H groups in total. The molecule has 0 saturated heterocycles. The third kappa shape index (κ3) is 3.79. The zero-order valence-corrected chi connectivity index (χ0v) is 15.0. The van der Waals surface area contributed by atoms with Gasteiger partial charge in [-0.25, -0.2) is 0 Å². The molecule has 1 amide bonds. The van der Waals surface area contributed by atoms with Gasteiger partial charge in [-0.15, -0.1) is 0 Å². The van der Waals surface area contributed by atoms with Crippen molar-refractivity contribution in [3.05, 3.63) is 42.8 Å². The van der Waals surface area contributed by atoms with E-state index >= 15 is 0 Å². The fourth-order valence-corrected chi connectivity index (χ4v) is 2.49. The van der Waals surface area contributed by atoms with Gasteiger partial charge in [0.05, 0.1) is 21.6 Å². The molecule has 0 radical (unpaired) electrons.